The average molecular weight is 919 g/mol. The van der Waals surface area contributed by atoms with Crippen LogP contribution in [-0.2, 0) is 30.8 Å². The minimum Gasteiger partial charge on any atom is -0.380 e. The van der Waals surface area contributed by atoms with Crippen molar-refractivity contribution >= 4 is 39.1 Å². The third-order valence-electron chi connectivity index (χ3n) is 14.3. The predicted octanol–water partition coefficient (Wildman–Crippen LogP) is 8.85. The molecule has 3 amide bonds. The highest BCUT2D eigenvalue weighted by Gasteiger charge is 2.48. The SMILES string of the molecule is CC(C)C1CCCC(NC(=O)C2(O)CC2)C1.CC(C)C1CCCC(NC(=O)Cc2cscn2)C1.CC(C)C1CCCC(NS(C)(=O)=O)C1.[C-]#[N+]CC(=O)NC1CCCC(C(C)C)C1. The van der Waals surface area contributed by atoms with Crippen molar-refractivity contribution in [3.8, 4) is 0 Å². The molecule has 5 aliphatic carbocycles. The van der Waals surface area contributed by atoms with Crippen molar-refractivity contribution in [2.24, 2.45) is 47.3 Å². The lowest BCUT2D eigenvalue weighted by Crippen LogP contribution is -2.45. The van der Waals surface area contributed by atoms with Gasteiger partial charge in [-0.1, -0.05) is 107 Å². The van der Waals surface area contributed by atoms with Gasteiger partial charge in [-0.15, -0.1) is 11.3 Å². The molecule has 1 heterocycles. The van der Waals surface area contributed by atoms with Crippen molar-refractivity contribution in [2.75, 3.05) is 12.8 Å². The van der Waals surface area contributed by atoms with Crippen LogP contribution in [0.15, 0.2) is 10.9 Å². The number of sulfonamides is 1. The molecule has 5 N–H and O–H groups in total. The first-order chi connectivity index (χ1) is 29.7. The van der Waals surface area contributed by atoms with Crippen LogP contribution >= 0.6 is 11.3 Å². The fourth-order valence-corrected chi connectivity index (χ4v) is 11.3. The van der Waals surface area contributed by atoms with E-state index in [-0.39, 0.29) is 30.3 Å². The predicted molar refractivity (Wildman–Crippen MR) is 256 cm³/mol. The van der Waals surface area contributed by atoms with Crippen molar-refractivity contribution in [2.45, 2.75) is 207 Å². The van der Waals surface area contributed by atoms with Gasteiger partial charge in [0.05, 0.1) is 23.9 Å². The largest absolute Gasteiger partial charge is 0.380 e. The molecule has 360 valence electrons. The highest BCUT2D eigenvalue weighted by Crippen LogP contribution is 2.37. The van der Waals surface area contributed by atoms with Gasteiger partial charge >= 0.3 is 0 Å². The molecule has 63 heavy (non-hydrogen) atoms. The molecule has 0 bridgehead atoms. The molecule has 0 spiro atoms. The smallest absolute Gasteiger partial charge is 0.300 e. The van der Waals surface area contributed by atoms with Crippen LogP contribution < -0.4 is 20.7 Å². The summed E-state index contributed by atoms with van der Waals surface area (Å²) in [5.41, 5.74) is 1.65. The van der Waals surface area contributed by atoms with Crippen LogP contribution in [0.1, 0.15) is 177 Å². The third kappa shape index (κ3) is 21.5. The van der Waals surface area contributed by atoms with E-state index >= 15 is 0 Å². The molecule has 0 aliphatic heterocycles. The molecule has 12 nitrogen and oxygen atoms in total. The number of carbonyl (C=O) groups is 3. The summed E-state index contributed by atoms with van der Waals surface area (Å²) in [6, 6.07) is 1.14. The molecule has 1 aromatic rings. The quantitative estimate of drug-likeness (QED) is 0.123. The lowest BCUT2D eigenvalue weighted by Gasteiger charge is -2.32. The number of hydrogen-bond acceptors (Lipinski definition) is 8. The van der Waals surface area contributed by atoms with Crippen molar-refractivity contribution in [1.29, 1.82) is 0 Å². The normalized spacial score (nSPS) is 27.9. The molecule has 5 fully saturated rings. The van der Waals surface area contributed by atoms with E-state index in [0.717, 1.165) is 87.2 Å². The van der Waals surface area contributed by atoms with Crippen molar-refractivity contribution in [3.05, 3.63) is 28.0 Å². The summed E-state index contributed by atoms with van der Waals surface area (Å²) in [4.78, 5) is 42.1. The fraction of sp³-hybridized carbons (Fsp3) is 0.857. The second-order valence-corrected chi connectivity index (χ2v) is 23.5. The Bertz CT molecular complexity index is 1660. The van der Waals surface area contributed by atoms with Crippen molar-refractivity contribution in [1.82, 2.24) is 25.7 Å². The zero-order valence-electron chi connectivity index (χ0n) is 40.4. The van der Waals surface area contributed by atoms with Crippen LogP contribution in [0.25, 0.3) is 4.85 Å². The maximum absolute atomic E-state index is 11.9. The summed E-state index contributed by atoms with van der Waals surface area (Å²) in [5, 5.41) is 20.8. The Kier molecular flexibility index (Phi) is 23.6. The van der Waals surface area contributed by atoms with E-state index in [0.29, 0.717) is 61.1 Å². The van der Waals surface area contributed by atoms with Crippen LogP contribution in [-0.4, -0.2) is 78.8 Å². The minimum absolute atomic E-state index is 0.0250. The van der Waals surface area contributed by atoms with Gasteiger partial charge in [-0.3, -0.25) is 14.4 Å². The Hall–Kier alpha value is -2.60. The summed E-state index contributed by atoms with van der Waals surface area (Å²) >= 11 is 1.54. The molecule has 6 rings (SSSR count). The molecule has 0 saturated heterocycles. The van der Waals surface area contributed by atoms with Crippen LogP contribution in [0.2, 0.25) is 0 Å². The van der Waals surface area contributed by atoms with Crippen LogP contribution in [0, 0.1) is 53.9 Å². The molecule has 5 saturated carbocycles. The number of carbonyl (C=O) groups excluding carboxylic acids is 3. The number of thiazole rings is 1. The lowest BCUT2D eigenvalue weighted by atomic mass is 9.79. The maximum atomic E-state index is 11.9. The van der Waals surface area contributed by atoms with Gasteiger partial charge in [0.2, 0.25) is 15.9 Å². The van der Waals surface area contributed by atoms with Gasteiger partial charge < -0.3 is 25.9 Å². The molecule has 0 radical (unpaired) electrons. The first-order valence-electron chi connectivity index (χ1n) is 24.5. The van der Waals surface area contributed by atoms with Gasteiger partial charge in [0, 0.05) is 29.5 Å². The van der Waals surface area contributed by atoms with E-state index in [1.807, 2.05) is 5.38 Å². The number of hydrogen-bond donors (Lipinski definition) is 5. The Morgan fingerprint density at radius 3 is 1.46 bits per heavy atom. The van der Waals surface area contributed by atoms with E-state index < -0.39 is 15.6 Å². The van der Waals surface area contributed by atoms with Gasteiger partial charge in [-0.05, 0) is 112 Å². The molecule has 0 aromatic carbocycles. The van der Waals surface area contributed by atoms with E-state index in [1.54, 1.807) is 16.8 Å². The number of aromatic nitrogens is 1. The maximum Gasteiger partial charge on any atom is 0.300 e. The molecular weight excluding hydrogens is 833 g/mol. The summed E-state index contributed by atoms with van der Waals surface area (Å²) in [7, 11) is -3.02. The number of rotatable bonds is 13. The van der Waals surface area contributed by atoms with Gasteiger partial charge in [0.1, 0.15) is 5.60 Å². The van der Waals surface area contributed by atoms with Gasteiger partial charge in [-0.25, -0.2) is 24.7 Å². The number of aliphatic hydroxyl groups is 1. The molecule has 14 heteroatoms. The van der Waals surface area contributed by atoms with Crippen molar-refractivity contribution < 1.29 is 27.9 Å². The molecule has 1 aromatic heterocycles. The molecule has 8 unspecified atom stereocenters. The van der Waals surface area contributed by atoms with Crippen molar-refractivity contribution in [3.63, 3.8) is 0 Å². The standard InChI is InChI=1S/C14H22N2OS.C13H23NO2.C12H20N2O.C10H21NO2S/c1-10(2)11-4-3-5-12(6-11)16-14(17)7-13-8-18-9-15-13;1-9(2)10-4-3-5-11(8-10)14-12(15)13(16)6-7-13;1-9(2)10-5-4-6-11(7-10)14-12(15)8-13-3;1-8(2)9-5-4-6-10(7-9)11-14(3,12)13/h8-12H,3-7H2,1-2H3,(H,16,17);9-11,16H,3-8H2,1-2H3,(H,14,15);9-11H,4-8H2,1-2H3,(H,14,15);8-11H,4-7H2,1-3H3. The number of nitrogens with zero attached hydrogens (tertiary/aromatic N) is 2. The number of amides is 3. The summed E-state index contributed by atoms with van der Waals surface area (Å²) in [5.74, 6) is 5.57. The summed E-state index contributed by atoms with van der Waals surface area (Å²) < 4.78 is 24.8. The van der Waals surface area contributed by atoms with Crippen LogP contribution in [0.5, 0.6) is 0 Å². The third-order valence-corrected chi connectivity index (χ3v) is 15.7. The Balaban J connectivity index is 0.000000225. The van der Waals surface area contributed by atoms with Crippen LogP contribution in [0.3, 0.4) is 0 Å². The van der Waals surface area contributed by atoms with Gasteiger partial charge in [0.25, 0.3) is 18.4 Å². The lowest BCUT2D eigenvalue weighted by molar-refractivity contribution is -0.132. The Morgan fingerprint density at radius 2 is 1.10 bits per heavy atom. The average Bonchev–Trinajstić information content (AvgIpc) is 3.77. The number of nitrogens with one attached hydrogen (secondary N) is 4. The zero-order valence-corrected chi connectivity index (χ0v) is 42.1. The van der Waals surface area contributed by atoms with E-state index in [4.69, 9.17) is 6.57 Å². The highest BCUT2D eigenvalue weighted by molar-refractivity contribution is 7.88. The molecule has 8 atom stereocenters. The topological polar surface area (TPSA) is 171 Å². The van der Waals surface area contributed by atoms with Crippen LogP contribution in [0.4, 0.5) is 0 Å². The second kappa shape index (κ2) is 27.1. The summed E-state index contributed by atoms with van der Waals surface area (Å²) in [6.07, 6.45) is 21.5. The zero-order chi connectivity index (χ0) is 46.7. The summed E-state index contributed by atoms with van der Waals surface area (Å²) in [6.45, 7) is 24.6. The monoisotopic (exact) mass is 919 g/mol. The first kappa shape index (κ1) is 54.7. The van der Waals surface area contributed by atoms with E-state index in [1.165, 1.54) is 51.2 Å². The Morgan fingerprint density at radius 1 is 0.698 bits per heavy atom. The minimum atomic E-state index is -3.02. The Labute approximate surface area is 386 Å². The molecule has 5 aliphatic rings. The molecular formula is C49H86N6O6S2. The second-order valence-electron chi connectivity index (χ2n) is 21.0. The van der Waals surface area contributed by atoms with E-state index in [2.05, 4.69) is 85.9 Å². The van der Waals surface area contributed by atoms with Gasteiger partial charge in [-0.2, -0.15) is 0 Å². The highest BCUT2D eigenvalue weighted by atomic mass is 32.2. The first-order valence-corrected chi connectivity index (χ1v) is 27.3. The fourth-order valence-electron chi connectivity index (χ4n) is 9.91. The van der Waals surface area contributed by atoms with E-state index in [9.17, 15) is 27.9 Å². The van der Waals surface area contributed by atoms with Gasteiger partial charge in [0.15, 0.2) is 0 Å².